The van der Waals surface area contributed by atoms with Crippen molar-refractivity contribution in [3.8, 4) is 0 Å². The van der Waals surface area contributed by atoms with E-state index in [-0.39, 0.29) is 0 Å². The molecular formula is C19H30ClN. The summed E-state index contributed by atoms with van der Waals surface area (Å²) in [4.78, 5) is 0. The van der Waals surface area contributed by atoms with E-state index >= 15 is 0 Å². The van der Waals surface area contributed by atoms with Gasteiger partial charge in [0.2, 0.25) is 0 Å². The standard InChI is InChI=1S/C19H30ClN/c20-18-14-12-17(13-15-18)16-21-19-10-8-6-4-2-1-3-5-7-9-11-19/h12-15,19,21H,1-11,16H2. The Morgan fingerprint density at radius 3 is 1.76 bits per heavy atom. The zero-order chi connectivity index (χ0) is 14.8. The summed E-state index contributed by atoms with van der Waals surface area (Å²) in [5.74, 6) is 0. The van der Waals surface area contributed by atoms with Gasteiger partial charge in [0.25, 0.3) is 0 Å². The van der Waals surface area contributed by atoms with Crippen molar-refractivity contribution in [2.45, 2.75) is 83.2 Å². The Labute approximate surface area is 135 Å². The fraction of sp³-hybridized carbons (Fsp3) is 0.684. The summed E-state index contributed by atoms with van der Waals surface area (Å²) in [5, 5.41) is 4.59. The molecular weight excluding hydrogens is 278 g/mol. The molecule has 0 unspecified atom stereocenters. The Morgan fingerprint density at radius 1 is 0.762 bits per heavy atom. The molecule has 21 heavy (non-hydrogen) atoms. The van der Waals surface area contributed by atoms with E-state index in [4.69, 9.17) is 11.6 Å². The lowest BCUT2D eigenvalue weighted by molar-refractivity contribution is 0.403. The molecule has 1 nitrogen and oxygen atoms in total. The van der Waals surface area contributed by atoms with Crippen LogP contribution in [-0.4, -0.2) is 6.04 Å². The molecule has 1 aromatic rings. The van der Waals surface area contributed by atoms with E-state index in [0.29, 0.717) is 6.04 Å². The summed E-state index contributed by atoms with van der Waals surface area (Å²) in [7, 11) is 0. The molecule has 1 aromatic carbocycles. The van der Waals surface area contributed by atoms with Crippen LogP contribution in [0.5, 0.6) is 0 Å². The first kappa shape index (κ1) is 16.8. The zero-order valence-corrected chi connectivity index (χ0v) is 14.0. The largest absolute Gasteiger partial charge is 0.310 e. The number of rotatable bonds is 3. The maximum Gasteiger partial charge on any atom is 0.0406 e. The van der Waals surface area contributed by atoms with Crippen LogP contribution in [0.1, 0.15) is 76.2 Å². The average Bonchev–Trinajstić information content (AvgIpc) is 2.48. The Kier molecular flexibility index (Phi) is 8.21. The lowest BCUT2D eigenvalue weighted by Gasteiger charge is -2.19. The second kappa shape index (κ2) is 10.2. The summed E-state index contributed by atoms with van der Waals surface area (Å²) in [6, 6.07) is 8.93. The Balaban J connectivity index is 1.75. The van der Waals surface area contributed by atoms with Gasteiger partial charge < -0.3 is 5.32 Å². The van der Waals surface area contributed by atoms with Crippen molar-refractivity contribution in [1.82, 2.24) is 5.32 Å². The SMILES string of the molecule is Clc1ccc(CNC2CCCCCCCCCCC2)cc1. The van der Waals surface area contributed by atoms with Crippen LogP contribution in [0.25, 0.3) is 0 Å². The summed E-state index contributed by atoms with van der Waals surface area (Å²) in [6.07, 6.45) is 15.5. The van der Waals surface area contributed by atoms with E-state index in [1.54, 1.807) is 0 Å². The summed E-state index contributed by atoms with van der Waals surface area (Å²) < 4.78 is 0. The molecule has 0 aromatic heterocycles. The molecule has 1 fully saturated rings. The van der Waals surface area contributed by atoms with Crippen LogP contribution in [-0.2, 0) is 6.54 Å². The van der Waals surface area contributed by atoms with Crippen molar-refractivity contribution < 1.29 is 0 Å². The van der Waals surface area contributed by atoms with Crippen LogP contribution in [0.15, 0.2) is 24.3 Å². The molecule has 118 valence electrons. The fourth-order valence-corrected chi connectivity index (χ4v) is 3.36. The van der Waals surface area contributed by atoms with Crippen molar-refractivity contribution in [2.75, 3.05) is 0 Å². The van der Waals surface area contributed by atoms with E-state index < -0.39 is 0 Å². The molecule has 0 amide bonds. The molecule has 1 saturated carbocycles. The molecule has 0 aliphatic heterocycles. The van der Waals surface area contributed by atoms with Crippen LogP contribution in [0.2, 0.25) is 5.02 Å². The van der Waals surface area contributed by atoms with Gasteiger partial charge in [-0.25, -0.2) is 0 Å². The number of halogens is 1. The van der Waals surface area contributed by atoms with Gasteiger partial charge in [-0.2, -0.15) is 0 Å². The van der Waals surface area contributed by atoms with E-state index in [1.807, 2.05) is 12.1 Å². The second-order valence-corrected chi connectivity index (χ2v) is 6.90. The van der Waals surface area contributed by atoms with Gasteiger partial charge in [0.1, 0.15) is 0 Å². The van der Waals surface area contributed by atoms with Gasteiger partial charge in [0, 0.05) is 17.6 Å². The third-order valence-corrected chi connectivity index (χ3v) is 4.87. The van der Waals surface area contributed by atoms with Crippen LogP contribution in [0, 0.1) is 0 Å². The van der Waals surface area contributed by atoms with Crippen LogP contribution >= 0.6 is 11.6 Å². The lowest BCUT2D eigenvalue weighted by Crippen LogP contribution is -2.28. The van der Waals surface area contributed by atoms with Gasteiger partial charge in [-0.3, -0.25) is 0 Å². The first-order valence-corrected chi connectivity index (χ1v) is 9.20. The van der Waals surface area contributed by atoms with Gasteiger partial charge in [-0.15, -0.1) is 0 Å². The van der Waals surface area contributed by atoms with Crippen molar-refractivity contribution in [3.05, 3.63) is 34.9 Å². The Morgan fingerprint density at radius 2 is 1.24 bits per heavy atom. The van der Waals surface area contributed by atoms with E-state index in [0.717, 1.165) is 11.6 Å². The number of benzene rings is 1. The van der Waals surface area contributed by atoms with Gasteiger partial charge in [0.05, 0.1) is 0 Å². The first-order chi connectivity index (χ1) is 10.3. The minimum absolute atomic E-state index is 0.695. The molecule has 0 heterocycles. The maximum absolute atomic E-state index is 5.94. The highest BCUT2D eigenvalue weighted by molar-refractivity contribution is 6.30. The fourth-order valence-electron chi connectivity index (χ4n) is 3.23. The van der Waals surface area contributed by atoms with Crippen molar-refractivity contribution in [2.24, 2.45) is 0 Å². The van der Waals surface area contributed by atoms with Crippen molar-refractivity contribution in [1.29, 1.82) is 0 Å². The molecule has 1 aliphatic rings. The average molecular weight is 308 g/mol. The first-order valence-electron chi connectivity index (χ1n) is 8.82. The molecule has 0 spiro atoms. The number of nitrogens with one attached hydrogen (secondary N) is 1. The van der Waals surface area contributed by atoms with Crippen LogP contribution < -0.4 is 5.32 Å². The quantitative estimate of drug-likeness (QED) is 0.711. The highest BCUT2D eigenvalue weighted by Gasteiger charge is 2.09. The smallest absolute Gasteiger partial charge is 0.0406 e. The molecule has 2 heteroatoms. The van der Waals surface area contributed by atoms with E-state index in [9.17, 15) is 0 Å². The van der Waals surface area contributed by atoms with E-state index in [2.05, 4.69) is 17.4 Å². The molecule has 0 radical (unpaired) electrons. The highest BCUT2D eigenvalue weighted by atomic mass is 35.5. The van der Waals surface area contributed by atoms with Crippen LogP contribution in [0.3, 0.4) is 0 Å². The van der Waals surface area contributed by atoms with Crippen molar-refractivity contribution in [3.63, 3.8) is 0 Å². The third kappa shape index (κ3) is 7.33. The zero-order valence-electron chi connectivity index (χ0n) is 13.2. The van der Waals surface area contributed by atoms with Gasteiger partial charge in [-0.1, -0.05) is 81.5 Å². The molecule has 1 N–H and O–H groups in total. The third-order valence-electron chi connectivity index (χ3n) is 4.61. The molecule has 0 saturated heterocycles. The second-order valence-electron chi connectivity index (χ2n) is 6.46. The van der Waals surface area contributed by atoms with Crippen molar-refractivity contribution >= 4 is 11.6 Å². The highest BCUT2D eigenvalue weighted by Crippen LogP contribution is 2.17. The monoisotopic (exact) mass is 307 g/mol. The Hall–Kier alpha value is -0.530. The minimum atomic E-state index is 0.695. The predicted molar refractivity (Wildman–Crippen MR) is 92.9 cm³/mol. The molecule has 0 atom stereocenters. The number of hydrogen-bond acceptors (Lipinski definition) is 1. The van der Waals surface area contributed by atoms with Gasteiger partial charge >= 0.3 is 0 Å². The topological polar surface area (TPSA) is 12.0 Å². The normalized spacial score (nSPS) is 19.7. The molecule has 2 rings (SSSR count). The minimum Gasteiger partial charge on any atom is -0.310 e. The summed E-state index contributed by atoms with van der Waals surface area (Å²) in [5.41, 5.74) is 1.34. The molecule has 0 bridgehead atoms. The van der Waals surface area contributed by atoms with Gasteiger partial charge in [0.15, 0.2) is 0 Å². The van der Waals surface area contributed by atoms with Gasteiger partial charge in [-0.05, 0) is 30.5 Å². The van der Waals surface area contributed by atoms with Crippen LogP contribution in [0.4, 0.5) is 0 Å². The summed E-state index contributed by atoms with van der Waals surface area (Å²) >= 11 is 5.94. The Bertz CT molecular complexity index is 362. The predicted octanol–water partition coefficient (Wildman–Crippen LogP) is 6.10. The van der Waals surface area contributed by atoms with E-state index in [1.165, 1.54) is 76.2 Å². The molecule has 1 aliphatic carbocycles. The maximum atomic E-state index is 5.94. The summed E-state index contributed by atoms with van der Waals surface area (Å²) in [6.45, 7) is 0.974. The number of hydrogen-bond donors (Lipinski definition) is 1. The lowest BCUT2D eigenvalue weighted by atomic mass is 9.98.